The molecule has 1 aliphatic rings. The van der Waals surface area contributed by atoms with E-state index in [1.54, 1.807) is 37.8 Å². The van der Waals surface area contributed by atoms with Gasteiger partial charge in [0.15, 0.2) is 6.61 Å². The number of methoxy groups -OCH3 is 1. The number of amides is 2. The van der Waals surface area contributed by atoms with Gasteiger partial charge >= 0.3 is 18.0 Å². The van der Waals surface area contributed by atoms with Crippen LogP contribution in [0.15, 0.2) is 24.3 Å². The van der Waals surface area contributed by atoms with Crippen molar-refractivity contribution >= 4 is 29.6 Å². The van der Waals surface area contributed by atoms with Crippen molar-refractivity contribution in [2.75, 3.05) is 32.1 Å². The Balaban J connectivity index is 1.73. The lowest BCUT2D eigenvalue weighted by molar-refractivity contribution is -0.153. The summed E-state index contributed by atoms with van der Waals surface area (Å²) in [5.41, 5.74) is 0.258. The molecule has 2 rings (SSSR count). The van der Waals surface area contributed by atoms with Crippen LogP contribution in [0.2, 0.25) is 0 Å². The van der Waals surface area contributed by atoms with Gasteiger partial charge in [0.1, 0.15) is 5.60 Å². The Bertz CT molecular complexity index is 776. The van der Waals surface area contributed by atoms with E-state index in [0.717, 1.165) is 0 Å². The van der Waals surface area contributed by atoms with E-state index in [2.05, 4.69) is 10.1 Å². The van der Waals surface area contributed by atoms with Crippen LogP contribution in [0, 0.1) is 5.92 Å². The first-order valence-electron chi connectivity index (χ1n) is 9.72. The number of nitrogens with zero attached hydrogens (tertiary/aromatic N) is 1. The fraction of sp³-hybridized carbons (Fsp3) is 0.524. The Labute approximate surface area is 175 Å². The van der Waals surface area contributed by atoms with Crippen LogP contribution in [0.1, 0.15) is 44.0 Å². The van der Waals surface area contributed by atoms with Gasteiger partial charge in [-0.1, -0.05) is 0 Å². The van der Waals surface area contributed by atoms with Gasteiger partial charge in [-0.25, -0.2) is 9.59 Å². The Morgan fingerprint density at radius 1 is 1.07 bits per heavy atom. The third-order valence-electron chi connectivity index (χ3n) is 4.42. The van der Waals surface area contributed by atoms with Crippen LogP contribution in [0.3, 0.4) is 0 Å². The summed E-state index contributed by atoms with van der Waals surface area (Å²) in [6.45, 7) is 5.78. The molecule has 1 aromatic rings. The molecule has 0 bridgehead atoms. The molecule has 2 amide bonds. The minimum Gasteiger partial charge on any atom is -0.465 e. The van der Waals surface area contributed by atoms with E-state index in [-0.39, 0.29) is 5.92 Å². The molecule has 30 heavy (non-hydrogen) atoms. The van der Waals surface area contributed by atoms with Crippen molar-refractivity contribution < 1.29 is 33.4 Å². The Morgan fingerprint density at radius 2 is 1.67 bits per heavy atom. The van der Waals surface area contributed by atoms with Gasteiger partial charge in [0.25, 0.3) is 5.91 Å². The molecule has 1 heterocycles. The van der Waals surface area contributed by atoms with Gasteiger partial charge in [0.05, 0.1) is 18.6 Å². The monoisotopic (exact) mass is 420 g/mol. The number of hydrogen-bond acceptors (Lipinski definition) is 7. The normalized spacial score (nSPS) is 14.6. The lowest BCUT2D eigenvalue weighted by Crippen LogP contribution is -2.43. The lowest BCUT2D eigenvalue weighted by Gasteiger charge is -2.32. The second-order valence-corrected chi connectivity index (χ2v) is 7.97. The molecule has 0 unspecified atom stereocenters. The van der Waals surface area contributed by atoms with Gasteiger partial charge in [-0.05, 0) is 57.9 Å². The first-order valence-corrected chi connectivity index (χ1v) is 9.72. The van der Waals surface area contributed by atoms with Crippen molar-refractivity contribution in [2.45, 2.75) is 39.2 Å². The first kappa shape index (κ1) is 23.2. The van der Waals surface area contributed by atoms with E-state index >= 15 is 0 Å². The van der Waals surface area contributed by atoms with Crippen molar-refractivity contribution in [1.82, 2.24) is 4.90 Å². The zero-order valence-electron chi connectivity index (χ0n) is 17.7. The largest absolute Gasteiger partial charge is 0.465 e. The first-order chi connectivity index (χ1) is 14.1. The number of likely N-dealkylation sites (tertiary alicyclic amines) is 1. The highest BCUT2D eigenvalue weighted by Gasteiger charge is 2.30. The van der Waals surface area contributed by atoms with Crippen LogP contribution in [0.4, 0.5) is 10.5 Å². The fourth-order valence-corrected chi connectivity index (χ4v) is 2.88. The number of benzene rings is 1. The second kappa shape index (κ2) is 10.1. The Morgan fingerprint density at radius 3 is 2.20 bits per heavy atom. The van der Waals surface area contributed by atoms with Crippen molar-refractivity contribution in [3.63, 3.8) is 0 Å². The lowest BCUT2D eigenvalue weighted by atomic mass is 9.97. The van der Waals surface area contributed by atoms with Crippen molar-refractivity contribution in [3.05, 3.63) is 29.8 Å². The quantitative estimate of drug-likeness (QED) is 0.576. The smallest absolute Gasteiger partial charge is 0.410 e. The van der Waals surface area contributed by atoms with Crippen LogP contribution in [0.5, 0.6) is 0 Å². The fourth-order valence-electron chi connectivity index (χ4n) is 2.88. The maximum atomic E-state index is 12.2. The molecule has 164 valence electrons. The number of carbonyl (C=O) groups excluding carboxylic acids is 4. The van der Waals surface area contributed by atoms with Gasteiger partial charge in [-0.3, -0.25) is 9.59 Å². The molecule has 1 aliphatic heterocycles. The molecule has 0 spiro atoms. The number of rotatable bonds is 5. The van der Waals surface area contributed by atoms with Crippen molar-refractivity contribution in [3.8, 4) is 0 Å². The molecule has 1 fully saturated rings. The highest BCUT2D eigenvalue weighted by Crippen LogP contribution is 2.21. The number of esters is 2. The highest BCUT2D eigenvalue weighted by atomic mass is 16.6. The van der Waals surface area contributed by atoms with Crippen LogP contribution in [0.25, 0.3) is 0 Å². The highest BCUT2D eigenvalue weighted by molar-refractivity contribution is 5.94. The molecule has 0 atom stereocenters. The molecule has 1 aromatic carbocycles. The predicted molar refractivity (Wildman–Crippen MR) is 108 cm³/mol. The molecule has 1 saturated heterocycles. The predicted octanol–water partition coefficient (Wildman–Crippen LogP) is 2.60. The summed E-state index contributed by atoms with van der Waals surface area (Å²) in [7, 11) is 1.29. The maximum Gasteiger partial charge on any atom is 0.410 e. The van der Waals surface area contributed by atoms with E-state index in [0.29, 0.717) is 37.2 Å². The molecular weight excluding hydrogens is 392 g/mol. The van der Waals surface area contributed by atoms with Crippen LogP contribution in [-0.2, 0) is 23.8 Å². The molecule has 0 saturated carbocycles. The summed E-state index contributed by atoms with van der Waals surface area (Å²) in [6.07, 6.45) is 0.510. The van der Waals surface area contributed by atoms with E-state index < -0.39 is 36.1 Å². The summed E-state index contributed by atoms with van der Waals surface area (Å²) < 4.78 is 15.0. The summed E-state index contributed by atoms with van der Waals surface area (Å²) in [5.74, 6) is -1.79. The maximum absolute atomic E-state index is 12.2. The number of carbonyl (C=O) groups is 4. The molecule has 0 aromatic heterocycles. The topological polar surface area (TPSA) is 111 Å². The van der Waals surface area contributed by atoms with E-state index in [4.69, 9.17) is 9.47 Å². The van der Waals surface area contributed by atoms with Gasteiger partial charge in [0, 0.05) is 18.8 Å². The molecule has 1 N–H and O–H groups in total. The molecule has 0 radical (unpaired) electrons. The number of piperidine rings is 1. The molecular formula is C21H28N2O7. The number of anilines is 1. The van der Waals surface area contributed by atoms with Crippen LogP contribution >= 0.6 is 0 Å². The number of ether oxygens (including phenoxy) is 3. The number of nitrogens with one attached hydrogen (secondary N) is 1. The molecule has 0 aliphatic carbocycles. The minimum atomic E-state index is -0.570. The van der Waals surface area contributed by atoms with E-state index in [1.807, 2.05) is 0 Å². The van der Waals surface area contributed by atoms with Crippen LogP contribution < -0.4 is 5.32 Å². The van der Waals surface area contributed by atoms with Gasteiger partial charge in [-0.15, -0.1) is 0 Å². The van der Waals surface area contributed by atoms with Crippen LogP contribution in [-0.4, -0.2) is 61.2 Å². The Hall–Kier alpha value is -3.10. The van der Waals surface area contributed by atoms with Gasteiger partial charge in [-0.2, -0.15) is 0 Å². The average Bonchev–Trinajstić information content (AvgIpc) is 2.71. The number of hydrogen-bond donors (Lipinski definition) is 1. The zero-order valence-corrected chi connectivity index (χ0v) is 17.7. The third kappa shape index (κ3) is 7.06. The third-order valence-corrected chi connectivity index (χ3v) is 4.42. The summed E-state index contributed by atoms with van der Waals surface area (Å²) >= 11 is 0. The van der Waals surface area contributed by atoms with E-state index in [9.17, 15) is 19.2 Å². The average molecular weight is 420 g/mol. The van der Waals surface area contributed by atoms with Crippen molar-refractivity contribution in [2.24, 2.45) is 5.92 Å². The summed E-state index contributed by atoms with van der Waals surface area (Å²) in [6, 6.07) is 6.15. The molecule has 9 nitrogen and oxygen atoms in total. The van der Waals surface area contributed by atoms with Crippen molar-refractivity contribution in [1.29, 1.82) is 0 Å². The minimum absolute atomic E-state index is 0.361. The SMILES string of the molecule is COC(=O)c1ccc(NC(=O)COC(=O)C2CCN(C(=O)OC(C)(C)C)CC2)cc1. The summed E-state index contributed by atoms with van der Waals surface area (Å²) in [4.78, 5) is 49.3. The molecule has 9 heteroatoms. The van der Waals surface area contributed by atoms with E-state index in [1.165, 1.54) is 19.2 Å². The Kier molecular flexibility index (Phi) is 7.79. The second-order valence-electron chi connectivity index (χ2n) is 7.97. The summed E-state index contributed by atoms with van der Waals surface area (Å²) in [5, 5.41) is 2.59. The van der Waals surface area contributed by atoms with Gasteiger partial charge < -0.3 is 24.4 Å². The standard InChI is InChI=1S/C21H28N2O7/c1-21(2,3)30-20(27)23-11-9-15(10-12-23)19(26)29-13-17(24)22-16-7-5-14(6-8-16)18(25)28-4/h5-8,15H,9-13H2,1-4H3,(H,22,24). The van der Waals surface area contributed by atoms with Gasteiger partial charge in [0.2, 0.25) is 0 Å². The zero-order chi connectivity index (χ0) is 22.3.